The Balaban J connectivity index is 5.17. The van der Waals surface area contributed by atoms with Gasteiger partial charge in [0.1, 0.15) is 6.04 Å². The molecule has 0 heterocycles. The lowest BCUT2D eigenvalue weighted by molar-refractivity contribution is -0.176. The lowest BCUT2D eigenvalue weighted by Gasteiger charge is -2.29. The minimum Gasteiger partial charge on any atom is -0.481 e. The summed E-state index contributed by atoms with van der Waals surface area (Å²) in [5.41, 5.74) is 0. The molecule has 0 aliphatic rings. The topological polar surface area (TPSA) is 66.4 Å². The highest BCUT2D eigenvalue weighted by Gasteiger charge is 2.48. The number of alkyl halides is 3. The van der Waals surface area contributed by atoms with Gasteiger partial charge in [-0.1, -0.05) is 26.2 Å². The van der Waals surface area contributed by atoms with Gasteiger partial charge in [-0.25, -0.2) is 8.93 Å². The predicted molar refractivity (Wildman–Crippen MR) is 76.1 cm³/mol. The smallest absolute Gasteiger partial charge is 0.405 e. The van der Waals surface area contributed by atoms with Gasteiger partial charge < -0.3 is 5.11 Å². The van der Waals surface area contributed by atoms with Crippen molar-refractivity contribution in [2.24, 2.45) is 5.92 Å². The Morgan fingerprint density at radius 3 is 2.10 bits per heavy atom. The number of hydrogen-bond acceptors (Lipinski definition) is 2. The molecule has 0 aliphatic carbocycles. The Kier molecular flexibility index (Phi) is 7.88. The molecular formula is C13H24F3NO3S. The van der Waals surface area contributed by atoms with E-state index >= 15 is 0 Å². The van der Waals surface area contributed by atoms with Crippen LogP contribution in [0.2, 0.25) is 0 Å². The van der Waals surface area contributed by atoms with E-state index < -0.39 is 39.8 Å². The van der Waals surface area contributed by atoms with Crippen LogP contribution >= 0.6 is 0 Å². The largest absolute Gasteiger partial charge is 0.481 e. The maximum Gasteiger partial charge on any atom is 0.405 e. The molecule has 0 aliphatic heterocycles. The molecule has 0 spiro atoms. The number of carboxylic acids is 1. The van der Waals surface area contributed by atoms with Gasteiger partial charge in [0, 0.05) is 0 Å². The number of aliphatic carboxylic acids is 1. The number of rotatable bonds is 8. The SMILES string of the molecule is CCCCC[C@H](C(=O)O)[C@H](N[S@@](=O)C(C)(C)C)C(F)(F)F. The number of halogens is 3. The molecule has 0 aromatic rings. The third kappa shape index (κ3) is 7.26. The van der Waals surface area contributed by atoms with Crippen molar-refractivity contribution in [1.82, 2.24) is 4.72 Å². The van der Waals surface area contributed by atoms with Crippen LogP contribution in [0.25, 0.3) is 0 Å². The van der Waals surface area contributed by atoms with Crippen molar-refractivity contribution in [3.05, 3.63) is 0 Å². The fourth-order valence-electron chi connectivity index (χ4n) is 1.72. The van der Waals surface area contributed by atoms with Crippen LogP contribution in [0.1, 0.15) is 53.4 Å². The average Bonchev–Trinajstić information content (AvgIpc) is 2.29. The van der Waals surface area contributed by atoms with E-state index in [1.165, 1.54) is 20.8 Å². The molecule has 0 unspecified atom stereocenters. The van der Waals surface area contributed by atoms with Crippen LogP contribution in [-0.4, -0.2) is 32.2 Å². The van der Waals surface area contributed by atoms with Gasteiger partial charge in [-0.2, -0.15) is 13.2 Å². The molecule has 0 bridgehead atoms. The lowest BCUT2D eigenvalue weighted by atomic mass is 9.93. The summed E-state index contributed by atoms with van der Waals surface area (Å²) in [6, 6.07) is -2.31. The van der Waals surface area contributed by atoms with E-state index in [1.54, 1.807) is 0 Å². The zero-order valence-electron chi connectivity index (χ0n) is 12.8. The highest BCUT2D eigenvalue weighted by Crippen LogP contribution is 2.30. The Hall–Kier alpha value is -0.630. The van der Waals surface area contributed by atoms with Crippen LogP contribution < -0.4 is 4.72 Å². The monoisotopic (exact) mass is 331 g/mol. The molecule has 21 heavy (non-hydrogen) atoms. The van der Waals surface area contributed by atoms with E-state index in [0.29, 0.717) is 12.8 Å². The Labute approximate surface area is 126 Å². The van der Waals surface area contributed by atoms with Gasteiger partial charge in [-0.15, -0.1) is 0 Å². The third-order valence-electron chi connectivity index (χ3n) is 2.98. The molecule has 0 aromatic carbocycles. The first kappa shape index (κ1) is 20.4. The van der Waals surface area contributed by atoms with E-state index in [2.05, 4.69) is 0 Å². The van der Waals surface area contributed by atoms with Gasteiger partial charge in [0.2, 0.25) is 0 Å². The van der Waals surface area contributed by atoms with Crippen molar-refractivity contribution in [2.45, 2.75) is 70.3 Å². The molecule has 0 amide bonds. The summed E-state index contributed by atoms with van der Waals surface area (Å²) in [5.74, 6) is -3.16. The van der Waals surface area contributed by atoms with Gasteiger partial charge in [0.25, 0.3) is 0 Å². The molecule has 0 rings (SSSR count). The second-order valence-electron chi connectivity index (χ2n) is 5.96. The molecule has 0 aromatic heterocycles. The highest BCUT2D eigenvalue weighted by atomic mass is 32.2. The molecule has 0 fully saturated rings. The standard InChI is InChI=1S/C13H24F3NO3S/c1-5-6-7-8-9(11(18)19)10(13(14,15)16)17-21(20)12(2,3)4/h9-10,17H,5-8H2,1-4H3,(H,18,19)/t9-,10-,21-/m0/s1. The summed E-state index contributed by atoms with van der Waals surface area (Å²) in [6.07, 6.45) is -3.02. The lowest BCUT2D eigenvalue weighted by Crippen LogP contribution is -2.53. The van der Waals surface area contributed by atoms with Crippen LogP contribution in [-0.2, 0) is 15.8 Å². The number of hydrogen-bond donors (Lipinski definition) is 2. The summed E-state index contributed by atoms with van der Waals surface area (Å²) in [5, 5.41) is 9.08. The van der Waals surface area contributed by atoms with E-state index in [9.17, 15) is 22.2 Å². The molecular weight excluding hydrogens is 307 g/mol. The van der Waals surface area contributed by atoms with Crippen molar-refractivity contribution < 1.29 is 27.3 Å². The second kappa shape index (κ2) is 8.12. The molecule has 4 nitrogen and oxygen atoms in total. The van der Waals surface area contributed by atoms with Crippen LogP contribution in [0.15, 0.2) is 0 Å². The van der Waals surface area contributed by atoms with Crippen molar-refractivity contribution in [3.8, 4) is 0 Å². The molecule has 2 N–H and O–H groups in total. The predicted octanol–water partition coefficient (Wildman–Crippen LogP) is 3.25. The maximum atomic E-state index is 13.1. The van der Waals surface area contributed by atoms with Crippen LogP contribution in [0.3, 0.4) is 0 Å². The number of carbonyl (C=O) groups is 1. The second-order valence-corrected chi connectivity index (χ2v) is 7.96. The maximum absolute atomic E-state index is 13.1. The molecule has 8 heteroatoms. The van der Waals surface area contributed by atoms with Crippen molar-refractivity contribution in [1.29, 1.82) is 0 Å². The van der Waals surface area contributed by atoms with Crippen molar-refractivity contribution in [2.75, 3.05) is 0 Å². The summed E-state index contributed by atoms with van der Waals surface area (Å²) < 4.78 is 52.3. The number of carboxylic acid groups (broad SMARTS) is 1. The molecule has 126 valence electrons. The number of unbranched alkanes of at least 4 members (excludes halogenated alkanes) is 2. The fourth-order valence-corrected chi connectivity index (χ4v) is 2.60. The quantitative estimate of drug-likeness (QED) is 0.671. The van der Waals surface area contributed by atoms with E-state index in [4.69, 9.17) is 5.11 Å². The van der Waals surface area contributed by atoms with Gasteiger partial charge >= 0.3 is 12.1 Å². The van der Waals surface area contributed by atoms with Gasteiger partial charge in [-0.3, -0.25) is 4.79 Å². The first-order valence-electron chi connectivity index (χ1n) is 6.88. The van der Waals surface area contributed by atoms with Crippen LogP contribution in [0, 0.1) is 5.92 Å². The average molecular weight is 331 g/mol. The van der Waals surface area contributed by atoms with Crippen molar-refractivity contribution >= 4 is 17.0 Å². The van der Waals surface area contributed by atoms with E-state index in [-0.39, 0.29) is 6.42 Å². The number of nitrogens with one attached hydrogen (secondary N) is 1. The first-order chi connectivity index (χ1) is 9.41. The normalized spacial score (nSPS) is 17.3. The zero-order chi connectivity index (χ0) is 16.8. The Bertz CT molecular complexity index is 367. The minimum atomic E-state index is -4.77. The zero-order valence-corrected chi connectivity index (χ0v) is 13.6. The van der Waals surface area contributed by atoms with Gasteiger partial charge in [0.15, 0.2) is 0 Å². The summed E-state index contributed by atoms with van der Waals surface area (Å²) in [6.45, 7) is 6.45. The molecule has 3 atom stereocenters. The van der Waals surface area contributed by atoms with Gasteiger partial charge in [-0.05, 0) is 27.2 Å². The van der Waals surface area contributed by atoms with E-state index in [0.717, 1.165) is 6.42 Å². The fraction of sp³-hybridized carbons (Fsp3) is 0.923. The Morgan fingerprint density at radius 1 is 1.24 bits per heavy atom. The van der Waals surface area contributed by atoms with Crippen LogP contribution in [0.4, 0.5) is 13.2 Å². The minimum absolute atomic E-state index is 0.0955. The van der Waals surface area contributed by atoms with Gasteiger partial charge in [0.05, 0.1) is 21.7 Å². The Morgan fingerprint density at radius 2 is 1.76 bits per heavy atom. The summed E-state index contributed by atoms with van der Waals surface area (Å²) in [4.78, 5) is 11.2. The van der Waals surface area contributed by atoms with E-state index in [1.807, 2.05) is 11.6 Å². The highest BCUT2D eigenvalue weighted by molar-refractivity contribution is 7.84. The first-order valence-corrected chi connectivity index (χ1v) is 8.03. The van der Waals surface area contributed by atoms with Crippen LogP contribution in [0.5, 0.6) is 0 Å². The summed E-state index contributed by atoms with van der Waals surface area (Å²) in [7, 11) is -1.99. The molecule has 0 saturated heterocycles. The third-order valence-corrected chi connectivity index (χ3v) is 4.56. The van der Waals surface area contributed by atoms with Crippen molar-refractivity contribution in [3.63, 3.8) is 0 Å². The molecule has 0 radical (unpaired) electrons. The molecule has 0 saturated carbocycles. The summed E-state index contributed by atoms with van der Waals surface area (Å²) >= 11 is 0.